The maximum atomic E-state index is 4.99. The van der Waals surface area contributed by atoms with E-state index in [1.165, 1.54) is 31.1 Å². The monoisotopic (exact) mass is 375 g/mol. The summed E-state index contributed by atoms with van der Waals surface area (Å²) in [6.45, 7) is 0. The zero-order valence-corrected chi connectivity index (χ0v) is 15.6. The highest BCUT2D eigenvalue weighted by atomic mass is 32.1. The van der Waals surface area contributed by atoms with E-state index in [0.29, 0.717) is 0 Å². The lowest BCUT2D eigenvalue weighted by atomic mass is 10.1. The third kappa shape index (κ3) is 1.69. The average molecular weight is 375 g/mol. The fraction of sp³-hybridized carbons (Fsp3) is 0. The van der Waals surface area contributed by atoms with Crippen molar-refractivity contribution >= 4 is 70.0 Å². The van der Waals surface area contributed by atoms with Crippen LogP contribution in [-0.2, 0) is 0 Å². The highest BCUT2D eigenvalue weighted by Gasteiger charge is 2.18. The van der Waals surface area contributed by atoms with Crippen molar-refractivity contribution in [2.45, 2.75) is 0 Å². The Bertz CT molecular complexity index is 1720. The Balaban J connectivity index is 1.94. The molecule has 0 aliphatic rings. The van der Waals surface area contributed by atoms with E-state index in [1.54, 1.807) is 0 Å². The number of imidazole rings is 1. The van der Waals surface area contributed by atoms with Crippen molar-refractivity contribution in [3.63, 3.8) is 0 Å². The van der Waals surface area contributed by atoms with E-state index < -0.39 is 0 Å². The number of nitrogens with zero attached hydrogens (tertiary/aromatic N) is 3. The first kappa shape index (κ1) is 14.5. The number of hydrogen-bond acceptors (Lipinski definition) is 3. The molecule has 4 heterocycles. The van der Waals surface area contributed by atoms with E-state index in [4.69, 9.17) is 9.97 Å². The Morgan fingerprint density at radius 3 is 2.57 bits per heavy atom. The molecule has 0 aliphatic carbocycles. The molecule has 0 saturated carbocycles. The zero-order valence-electron chi connectivity index (χ0n) is 14.8. The fourth-order valence-corrected chi connectivity index (χ4v) is 5.56. The van der Waals surface area contributed by atoms with Crippen molar-refractivity contribution < 1.29 is 0 Å². The van der Waals surface area contributed by atoms with Crippen LogP contribution in [0.3, 0.4) is 0 Å². The van der Waals surface area contributed by atoms with Crippen LogP contribution in [0.25, 0.3) is 58.7 Å². The van der Waals surface area contributed by atoms with Gasteiger partial charge in [-0.2, -0.15) is 0 Å². The first-order chi connectivity index (χ1) is 13.9. The second kappa shape index (κ2) is 5.06. The van der Waals surface area contributed by atoms with E-state index in [0.717, 1.165) is 27.6 Å². The normalized spacial score (nSPS) is 12.3. The lowest BCUT2D eigenvalue weighted by Gasteiger charge is -2.10. The second-order valence-electron chi connectivity index (χ2n) is 7.09. The van der Waals surface area contributed by atoms with Gasteiger partial charge in [0.2, 0.25) is 0 Å². The van der Waals surface area contributed by atoms with Gasteiger partial charge in [-0.3, -0.25) is 9.38 Å². The summed E-state index contributed by atoms with van der Waals surface area (Å²) >= 11 is 1.84. The Morgan fingerprint density at radius 1 is 0.714 bits per heavy atom. The molecule has 4 heteroatoms. The molecular formula is C24H13N3S. The maximum Gasteiger partial charge on any atom is 0.147 e. The molecule has 130 valence electrons. The molecule has 3 aromatic carbocycles. The summed E-state index contributed by atoms with van der Waals surface area (Å²) in [6, 6.07) is 25.6. The maximum absolute atomic E-state index is 4.99. The summed E-state index contributed by atoms with van der Waals surface area (Å²) in [5, 5.41) is 4.84. The molecule has 0 spiro atoms. The fourth-order valence-electron chi connectivity index (χ4n) is 4.46. The molecule has 4 aromatic heterocycles. The number of thiophene rings is 1. The minimum atomic E-state index is 0.972. The van der Waals surface area contributed by atoms with Crippen LogP contribution in [0.2, 0.25) is 0 Å². The predicted octanol–water partition coefficient (Wildman–Crippen LogP) is 6.56. The average Bonchev–Trinajstić information content (AvgIpc) is 3.32. The third-order valence-corrected chi connectivity index (χ3v) is 6.74. The Kier molecular flexibility index (Phi) is 2.63. The number of aromatic nitrogens is 3. The molecule has 0 N–H and O–H groups in total. The molecule has 0 saturated heterocycles. The van der Waals surface area contributed by atoms with Crippen LogP contribution in [-0.4, -0.2) is 14.4 Å². The molecule has 0 fully saturated rings. The van der Waals surface area contributed by atoms with Gasteiger partial charge in [-0.1, -0.05) is 30.3 Å². The lowest BCUT2D eigenvalue weighted by molar-refractivity contribution is 1.31. The van der Waals surface area contributed by atoms with Crippen LogP contribution in [0.1, 0.15) is 0 Å². The highest BCUT2D eigenvalue weighted by molar-refractivity contribution is 7.26. The second-order valence-corrected chi connectivity index (χ2v) is 8.18. The summed E-state index contributed by atoms with van der Waals surface area (Å²) in [7, 11) is 0. The van der Waals surface area contributed by atoms with Crippen LogP contribution in [0.4, 0.5) is 0 Å². The first-order valence-electron chi connectivity index (χ1n) is 9.28. The highest BCUT2D eigenvalue weighted by Crippen LogP contribution is 2.41. The van der Waals surface area contributed by atoms with Gasteiger partial charge in [0.05, 0.1) is 22.1 Å². The van der Waals surface area contributed by atoms with Gasteiger partial charge < -0.3 is 0 Å². The molecule has 3 nitrogen and oxygen atoms in total. The predicted molar refractivity (Wildman–Crippen MR) is 118 cm³/mol. The van der Waals surface area contributed by atoms with Gasteiger partial charge in [0, 0.05) is 37.1 Å². The Labute approximate surface area is 163 Å². The molecule has 0 atom stereocenters. The van der Waals surface area contributed by atoms with Gasteiger partial charge >= 0.3 is 0 Å². The molecule has 7 rings (SSSR count). The molecule has 0 bridgehead atoms. The van der Waals surface area contributed by atoms with Gasteiger partial charge in [0.1, 0.15) is 5.65 Å². The van der Waals surface area contributed by atoms with Gasteiger partial charge in [0.25, 0.3) is 0 Å². The topological polar surface area (TPSA) is 30.2 Å². The summed E-state index contributed by atoms with van der Waals surface area (Å²) in [5.74, 6) is 0. The zero-order chi connectivity index (χ0) is 18.2. The first-order valence-corrected chi connectivity index (χ1v) is 10.1. The number of benzene rings is 3. The van der Waals surface area contributed by atoms with Crippen molar-refractivity contribution in [1.29, 1.82) is 0 Å². The van der Waals surface area contributed by atoms with E-state index in [1.807, 2.05) is 29.7 Å². The van der Waals surface area contributed by atoms with Gasteiger partial charge in [0.15, 0.2) is 0 Å². The molecule has 28 heavy (non-hydrogen) atoms. The number of rotatable bonds is 0. The Morgan fingerprint density at radius 2 is 1.57 bits per heavy atom. The minimum absolute atomic E-state index is 0.972. The summed E-state index contributed by atoms with van der Waals surface area (Å²) in [5.41, 5.74) is 5.33. The van der Waals surface area contributed by atoms with Crippen LogP contribution >= 0.6 is 11.3 Å². The van der Waals surface area contributed by atoms with Gasteiger partial charge in [-0.25, -0.2) is 4.98 Å². The molecule has 7 aromatic rings. The quantitative estimate of drug-likeness (QED) is 0.281. The summed E-state index contributed by atoms with van der Waals surface area (Å²) in [4.78, 5) is 9.74. The van der Waals surface area contributed by atoms with Crippen LogP contribution in [0.15, 0.2) is 79.0 Å². The largest absolute Gasteiger partial charge is 0.291 e. The molecule has 0 unspecified atom stereocenters. The van der Waals surface area contributed by atoms with Crippen molar-refractivity contribution in [1.82, 2.24) is 14.4 Å². The van der Waals surface area contributed by atoms with Crippen molar-refractivity contribution in [3.05, 3.63) is 79.0 Å². The smallest absolute Gasteiger partial charge is 0.147 e. The minimum Gasteiger partial charge on any atom is -0.291 e. The number of fused-ring (bicyclic) bond motifs is 12. The van der Waals surface area contributed by atoms with Gasteiger partial charge in [-0.05, 0) is 42.5 Å². The number of para-hydroxylation sites is 2. The van der Waals surface area contributed by atoms with E-state index in [-0.39, 0.29) is 0 Å². The molecule has 0 aliphatic heterocycles. The van der Waals surface area contributed by atoms with Crippen LogP contribution in [0.5, 0.6) is 0 Å². The number of pyridine rings is 2. The van der Waals surface area contributed by atoms with Crippen molar-refractivity contribution in [3.8, 4) is 0 Å². The summed E-state index contributed by atoms with van der Waals surface area (Å²) < 4.78 is 4.93. The number of hydrogen-bond donors (Lipinski definition) is 0. The SMILES string of the molecule is c1ccc2c(c1)nc1c3cccnc3c3ccc4sc5ccccc5c4c3n21. The van der Waals surface area contributed by atoms with E-state index in [2.05, 4.69) is 65.1 Å². The molecular weight excluding hydrogens is 362 g/mol. The lowest BCUT2D eigenvalue weighted by Crippen LogP contribution is -1.93. The van der Waals surface area contributed by atoms with Crippen LogP contribution in [0, 0.1) is 0 Å². The molecule has 0 radical (unpaired) electrons. The third-order valence-electron chi connectivity index (χ3n) is 5.60. The standard InChI is InChI=1S/C24H13N3S/c1-4-10-19-14(6-1)21-20(28-19)12-11-15-22-16(7-5-13-25-22)24-26-17-8-2-3-9-18(17)27(24)23(15)21/h1-13H. The van der Waals surface area contributed by atoms with Crippen molar-refractivity contribution in [2.75, 3.05) is 0 Å². The Hall–Kier alpha value is -3.50. The summed E-state index contributed by atoms with van der Waals surface area (Å²) in [6.07, 6.45) is 1.87. The van der Waals surface area contributed by atoms with E-state index in [9.17, 15) is 0 Å². The van der Waals surface area contributed by atoms with E-state index >= 15 is 0 Å². The van der Waals surface area contributed by atoms with Gasteiger partial charge in [-0.15, -0.1) is 11.3 Å². The van der Waals surface area contributed by atoms with Crippen molar-refractivity contribution in [2.24, 2.45) is 0 Å². The molecule has 0 amide bonds. The van der Waals surface area contributed by atoms with Crippen LogP contribution < -0.4 is 0 Å².